The molecule has 2 aliphatic rings. The number of hydrogen-bond acceptors (Lipinski definition) is 3. The van der Waals surface area contributed by atoms with Crippen molar-refractivity contribution in [2.24, 2.45) is 5.73 Å². The SMILES string of the molecule is NCCC(=O)NC1CCC(NC(=O)c2cccc3c2C=CC3)CC1. The number of fused-ring (bicyclic) bond motifs is 1. The van der Waals surface area contributed by atoms with Crippen LogP contribution in [0.3, 0.4) is 0 Å². The van der Waals surface area contributed by atoms with E-state index < -0.39 is 0 Å². The van der Waals surface area contributed by atoms with E-state index in [9.17, 15) is 9.59 Å². The minimum absolute atomic E-state index is 0.00835. The van der Waals surface area contributed by atoms with Gasteiger partial charge >= 0.3 is 0 Å². The Morgan fingerprint density at radius 3 is 2.50 bits per heavy atom. The zero-order valence-corrected chi connectivity index (χ0v) is 13.9. The summed E-state index contributed by atoms with van der Waals surface area (Å²) in [4.78, 5) is 24.2. The van der Waals surface area contributed by atoms with Gasteiger partial charge in [-0.2, -0.15) is 0 Å². The van der Waals surface area contributed by atoms with Crippen LogP contribution in [0.2, 0.25) is 0 Å². The van der Waals surface area contributed by atoms with E-state index in [-0.39, 0.29) is 23.9 Å². The quantitative estimate of drug-likeness (QED) is 0.770. The van der Waals surface area contributed by atoms with Crippen LogP contribution < -0.4 is 16.4 Å². The molecule has 0 aliphatic heterocycles. The van der Waals surface area contributed by atoms with Gasteiger partial charge in [-0.3, -0.25) is 9.59 Å². The third kappa shape index (κ3) is 3.85. The van der Waals surface area contributed by atoms with Crippen molar-refractivity contribution in [1.82, 2.24) is 10.6 Å². The van der Waals surface area contributed by atoms with Crippen molar-refractivity contribution in [3.8, 4) is 0 Å². The second-order valence-corrected chi connectivity index (χ2v) is 6.61. The van der Waals surface area contributed by atoms with E-state index in [1.54, 1.807) is 0 Å². The summed E-state index contributed by atoms with van der Waals surface area (Å²) >= 11 is 0. The summed E-state index contributed by atoms with van der Waals surface area (Å²) in [6, 6.07) is 6.30. The van der Waals surface area contributed by atoms with Gasteiger partial charge in [-0.15, -0.1) is 0 Å². The van der Waals surface area contributed by atoms with Gasteiger partial charge in [0.05, 0.1) is 0 Å². The van der Waals surface area contributed by atoms with Gasteiger partial charge in [-0.25, -0.2) is 0 Å². The first-order valence-electron chi connectivity index (χ1n) is 8.76. The van der Waals surface area contributed by atoms with E-state index in [2.05, 4.69) is 22.8 Å². The Hall–Kier alpha value is -2.14. The van der Waals surface area contributed by atoms with Crippen molar-refractivity contribution in [3.05, 3.63) is 41.0 Å². The molecule has 1 aromatic rings. The summed E-state index contributed by atoms with van der Waals surface area (Å²) in [5.41, 5.74) is 8.43. The second kappa shape index (κ2) is 7.62. The first-order valence-corrected chi connectivity index (χ1v) is 8.76. The molecular weight excluding hydrogens is 302 g/mol. The number of hydrogen-bond donors (Lipinski definition) is 3. The van der Waals surface area contributed by atoms with E-state index >= 15 is 0 Å². The lowest BCUT2D eigenvalue weighted by atomic mass is 9.90. The Morgan fingerprint density at radius 1 is 1.08 bits per heavy atom. The van der Waals surface area contributed by atoms with Gasteiger partial charge in [-0.05, 0) is 49.3 Å². The average Bonchev–Trinajstić information content (AvgIpc) is 3.05. The predicted molar refractivity (Wildman–Crippen MR) is 94.5 cm³/mol. The lowest BCUT2D eigenvalue weighted by Gasteiger charge is -2.29. The van der Waals surface area contributed by atoms with Crippen LogP contribution in [0.4, 0.5) is 0 Å². The van der Waals surface area contributed by atoms with Crippen molar-refractivity contribution >= 4 is 17.9 Å². The largest absolute Gasteiger partial charge is 0.353 e. The predicted octanol–water partition coefficient (Wildman–Crippen LogP) is 1.76. The lowest BCUT2D eigenvalue weighted by Crippen LogP contribution is -2.44. The average molecular weight is 327 g/mol. The highest BCUT2D eigenvalue weighted by atomic mass is 16.2. The first kappa shape index (κ1) is 16.7. The summed E-state index contributed by atoms with van der Waals surface area (Å²) in [7, 11) is 0. The molecule has 1 saturated carbocycles. The number of nitrogens with one attached hydrogen (secondary N) is 2. The monoisotopic (exact) mass is 327 g/mol. The second-order valence-electron chi connectivity index (χ2n) is 6.61. The molecule has 4 N–H and O–H groups in total. The molecule has 2 amide bonds. The van der Waals surface area contributed by atoms with Crippen molar-refractivity contribution < 1.29 is 9.59 Å². The number of carbonyl (C=O) groups excluding carboxylic acids is 2. The highest BCUT2D eigenvalue weighted by Gasteiger charge is 2.24. The minimum Gasteiger partial charge on any atom is -0.353 e. The number of allylic oxidation sites excluding steroid dienone is 1. The van der Waals surface area contributed by atoms with Gasteiger partial charge < -0.3 is 16.4 Å². The van der Waals surface area contributed by atoms with E-state index in [0.717, 1.165) is 43.2 Å². The maximum absolute atomic E-state index is 12.6. The Balaban J connectivity index is 1.52. The molecule has 0 saturated heterocycles. The summed E-state index contributed by atoms with van der Waals surface area (Å²) in [6.07, 6.45) is 8.99. The van der Waals surface area contributed by atoms with Crippen molar-refractivity contribution in [3.63, 3.8) is 0 Å². The third-order valence-corrected chi connectivity index (χ3v) is 4.86. The maximum atomic E-state index is 12.6. The molecule has 0 spiro atoms. The van der Waals surface area contributed by atoms with E-state index in [4.69, 9.17) is 5.73 Å². The molecule has 0 atom stereocenters. The Kier molecular flexibility index (Phi) is 5.30. The fraction of sp³-hybridized carbons (Fsp3) is 0.474. The molecule has 0 unspecified atom stereocenters. The van der Waals surface area contributed by atoms with Gasteiger partial charge in [0.15, 0.2) is 0 Å². The fourth-order valence-electron chi connectivity index (χ4n) is 3.57. The zero-order valence-electron chi connectivity index (χ0n) is 13.9. The van der Waals surface area contributed by atoms with Crippen LogP contribution in [-0.2, 0) is 11.2 Å². The van der Waals surface area contributed by atoms with Crippen LogP contribution in [0, 0.1) is 0 Å². The van der Waals surface area contributed by atoms with Crippen LogP contribution in [-0.4, -0.2) is 30.4 Å². The highest BCUT2D eigenvalue weighted by Crippen LogP contribution is 2.24. The molecular formula is C19H25N3O2. The standard InChI is InChI=1S/C19H25N3O2/c20-12-11-18(23)21-14-7-9-15(10-8-14)22-19(24)17-6-2-4-13-3-1-5-16(13)17/h1-2,4-6,14-15H,3,7-12,20H2,(H,21,23)(H,22,24). The summed E-state index contributed by atoms with van der Waals surface area (Å²) < 4.78 is 0. The smallest absolute Gasteiger partial charge is 0.252 e. The van der Waals surface area contributed by atoms with Crippen LogP contribution >= 0.6 is 0 Å². The van der Waals surface area contributed by atoms with Crippen LogP contribution in [0.1, 0.15) is 53.6 Å². The summed E-state index contributed by atoms with van der Waals surface area (Å²) in [5, 5.41) is 6.18. The molecule has 24 heavy (non-hydrogen) atoms. The van der Waals surface area contributed by atoms with Gasteiger partial charge in [0.2, 0.25) is 5.91 Å². The van der Waals surface area contributed by atoms with E-state index in [1.807, 2.05) is 18.2 Å². The molecule has 0 radical (unpaired) electrons. The Bertz CT molecular complexity index is 646. The summed E-state index contributed by atoms with van der Waals surface area (Å²) in [5.74, 6) is 0.0330. The minimum atomic E-state index is 0.00835. The Morgan fingerprint density at radius 2 is 1.79 bits per heavy atom. The van der Waals surface area contributed by atoms with Crippen molar-refractivity contribution in [2.75, 3.05) is 6.54 Å². The molecule has 1 aromatic carbocycles. The first-order chi connectivity index (χ1) is 11.7. The molecule has 3 rings (SSSR count). The molecule has 0 heterocycles. The summed E-state index contributed by atoms with van der Waals surface area (Å²) in [6.45, 7) is 0.382. The number of benzene rings is 1. The number of amides is 2. The molecule has 0 aromatic heterocycles. The topological polar surface area (TPSA) is 84.2 Å². The number of carbonyl (C=O) groups is 2. The number of nitrogens with two attached hydrogens (primary N) is 1. The van der Waals surface area contributed by atoms with Crippen LogP contribution in [0.15, 0.2) is 24.3 Å². The van der Waals surface area contributed by atoms with Gasteiger partial charge in [-0.1, -0.05) is 24.3 Å². The van der Waals surface area contributed by atoms with Crippen LogP contribution in [0.25, 0.3) is 6.08 Å². The Labute approximate surface area is 142 Å². The zero-order chi connectivity index (χ0) is 16.9. The lowest BCUT2D eigenvalue weighted by molar-refractivity contribution is -0.121. The highest BCUT2D eigenvalue weighted by molar-refractivity contribution is 5.99. The normalized spacial score (nSPS) is 22.0. The fourth-order valence-corrected chi connectivity index (χ4v) is 3.57. The number of rotatable bonds is 5. The van der Waals surface area contributed by atoms with E-state index in [0.29, 0.717) is 13.0 Å². The molecule has 5 nitrogen and oxygen atoms in total. The van der Waals surface area contributed by atoms with Gasteiger partial charge in [0, 0.05) is 30.6 Å². The van der Waals surface area contributed by atoms with Gasteiger partial charge in [0.1, 0.15) is 0 Å². The maximum Gasteiger partial charge on any atom is 0.252 e. The molecule has 1 fully saturated rings. The van der Waals surface area contributed by atoms with Crippen LogP contribution in [0.5, 0.6) is 0 Å². The molecule has 128 valence electrons. The third-order valence-electron chi connectivity index (χ3n) is 4.86. The van der Waals surface area contributed by atoms with E-state index in [1.165, 1.54) is 5.56 Å². The van der Waals surface area contributed by atoms with Gasteiger partial charge in [0.25, 0.3) is 5.91 Å². The molecule has 0 bridgehead atoms. The molecule has 2 aliphatic carbocycles. The molecule has 5 heteroatoms. The van der Waals surface area contributed by atoms with Crippen molar-refractivity contribution in [2.45, 2.75) is 50.6 Å². The van der Waals surface area contributed by atoms with Crippen molar-refractivity contribution in [1.29, 1.82) is 0 Å².